The zero-order valence-electron chi connectivity index (χ0n) is 17.2. The third kappa shape index (κ3) is 4.97. The fourth-order valence-corrected chi connectivity index (χ4v) is 7.56. The fourth-order valence-electron chi connectivity index (χ4n) is 4.30. The molecule has 0 radical (unpaired) electrons. The lowest BCUT2D eigenvalue weighted by molar-refractivity contribution is -0.122. The zero-order valence-corrected chi connectivity index (χ0v) is 18.8. The molecule has 3 unspecified atom stereocenters. The first-order chi connectivity index (χ1) is 14.9. The van der Waals surface area contributed by atoms with Crippen molar-refractivity contribution < 1.29 is 22.7 Å². The van der Waals surface area contributed by atoms with E-state index in [4.69, 9.17) is 4.74 Å². The lowest BCUT2D eigenvalue weighted by atomic mass is 9.99. The van der Waals surface area contributed by atoms with Crippen LogP contribution in [-0.4, -0.2) is 61.5 Å². The van der Waals surface area contributed by atoms with Crippen molar-refractivity contribution in [2.45, 2.75) is 34.8 Å². The molecule has 2 amide bonds. The molecule has 1 aromatic rings. The number of hydrogen-bond acceptors (Lipinski definition) is 6. The number of rotatable bonds is 6. The molecule has 1 aromatic carbocycles. The Morgan fingerprint density at radius 1 is 1.16 bits per heavy atom. The Kier molecular flexibility index (Phi) is 6.71. The maximum Gasteiger partial charge on any atom is 0.244 e. The summed E-state index contributed by atoms with van der Waals surface area (Å²) in [5.74, 6) is -0.112. The van der Waals surface area contributed by atoms with Crippen LogP contribution in [0.1, 0.15) is 19.3 Å². The highest BCUT2D eigenvalue weighted by Crippen LogP contribution is 2.43. The van der Waals surface area contributed by atoms with E-state index in [0.717, 1.165) is 6.42 Å². The van der Waals surface area contributed by atoms with Gasteiger partial charge in [-0.2, -0.15) is 4.31 Å². The Balaban J connectivity index is 1.35. The van der Waals surface area contributed by atoms with E-state index in [1.54, 1.807) is 36.0 Å². The summed E-state index contributed by atoms with van der Waals surface area (Å²) < 4.78 is 33.0. The van der Waals surface area contributed by atoms with Crippen LogP contribution in [0.15, 0.2) is 41.8 Å². The zero-order chi connectivity index (χ0) is 22.0. The minimum atomic E-state index is -3.60. The molecule has 3 heterocycles. The van der Waals surface area contributed by atoms with Gasteiger partial charge >= 0.3 is 0 Å². The molecule has 3 atom stereocenters. The number of carbonyl (C=O) groups excluding carboxylic acids is 2. The van der Waals surface area contributed by atoms with Crippen molar-refractivity contribution in [2.75, 3.05) is 31.6 Å². The molecule has 0 saturated carbocycles. The fraction of sp³-hybridized carbons (Fsp3) is 0.524. The number of amides is 2. The normalized spacial score (nSPS) is 26.9. The van der Waals surface area contributed by atoms with Gasteiger partial charge in [0.15, 0.2) is 0 Å². The molecule has 3 saturated heterocycles. The van der Waals surface area contributed by atoms with Crippen LogP contribution in [0.25, 0.3) is 0 Å². The van der Waals surface area contributed by atoms with E-state index >= 15 is 0 Å². The van der Waals surface area contributed by atoms with Crippen LogP contribution < -0.4 is 10.6 Å². The molecule has 4 rings (SSSR count). The number of carbonyl (C=O) groups is 2. The van der Waals surface area contributed by atoms with Gasteiger partial charge in [0, 0.05) is 43.2 Å². The second-order valence-electron chi connectivity index (χ2n) is 8.09. The molecule has 31 heavy (non-hydrogen) atoms. The first-order valence-corrected chi connectivity index (χ1v) is 12.8. The first kappa shape index (κ1) is 22.3. The first-order valence-electron chi connectivity index (χ1n) is 10.4. The molecule has 0 bridgehead atoms. The summed E-state index contributed by atoms with van der Waals surface area (Å²) in [5.41, 5.74) is 0.588. The minimum Gasteiger partial charge on any atom is -0.381 e. The maximum atomic E-state index is 13.1. The Morgan fingerprint density at radius 3 is 2.52 bits per heavy atom. The van der Waals surface area contributed by atoms with Gasteiger partial charge < -0.3 is 15.4 Å². The number of ether oxygens (including phenoxy) is 1. The Labute approximate surface area is 186 Å². The molecule has 3 aliphatic rings. The second-order valence-corrected chi connectivity index (χ2v) is 11.5. The third-order valence-corrected chi connectivity index (χ3v) is 9.41. The molecule has 8 nitrogen and oxygen atoms in total. The smallest absolute Gasteiger partial charge is 0.244 e. The summed E-state index contributed by atoms with van der Waals surface area (Å²) in [4.78, 5) is 24.1. The second kappa shape index (κ2) is 9.32. The van der Waals surface area contributed by atoms with E-state index in [2.05, 4.69) is 17.2 Å². The quantitative estimate of drug-likeness (QED) is 0.621. The lowest BCUT2D eigenvalue weighted by Gasteiger charge is -2.21. The third-order valence-electron chi connectivity index (χ3n) is 6.04. The molecular formula is C21H27N3O5S2. The van der Waals surface area contributed by atoms with Crippen LogP contribution in [0.2, 0.25) is 0 Å². The van der Waals surface area contributed by atoms with E-state index in [9.17, 15) is 18.0 Å². The lowest BCUT2D eigenvalue weighted by Crippen LogP contribution is -2.33. The highest BCUT2D eigenvalue weighted by molar-refractivity contribution is 8.00. The van der Waals surface area contributed by atoms with Gasteiger partial charge in [0.05, 0.1) is 10.3 Å². The largest absolute Gasteiger partial charge is 0.381 e. The van der Waals surface area contributed by atoms with Crippen molar-refractivity contribution >= 4 is 39.3 Å². The Bertz CT molecular complexity index is 930. The SMILES string of the molecule is C=CC(=O)NC1CC2CN(S(=O)(=O)c3ccc(NC(=O)C4CCOCC4)cc3)CC2S1. The molecule has 10 heteroatoms. The summed E-state index contributed by atoms with van der Waals surface area (Å²) >= 11 is 1.62. The van der Waals surface area contributed by atoms with E-state index in [1.807, 2.05) is 0 Å². The number of anilines is 1. The van der Waals surface area contributed by atoms with E-state index in [0.29, 0.717) is 44.8 Å². The van der Waals surface area contributed by atoms with Gasteiger partial charge in [0.2, 0.25) is 21.8 Å². The minimum absolute atomic E-state index is 0.00368. The van der Waals surface area contributed by atoms with E-state index in [1.165, 1.54) is 10.4 Å². The van der Waals surface area contributed by atoms with E-state index in [-0.39, 0.29) is 39.2 Å². The summed E-state index contributed by atoms with van der Waals surface area (Å²) in [5, 5.41) is 5.93. The van der Waals surface area contributed by atoms with Crippen LogP contribution in [0.4, 0.5) is 5.69 Å². The van der Waals surface area contributed by atoms with Gasteiger partial charge in [-0.25, -0.2) is 8.42 Å². The molecule has 168 valence electrons. The predicted molar refractivity (Wildman–Crippen MR) is 119 cm³/mol. The van der Waals surface area contributed by atoms with Crippen molar-refractivity contribution in [1.82, 2.24) is 9.62 Å². The number of benzene rings is 1. The van der Waals surface area contributed by atoms with Crippen LogP contribution in [-0.2, 0) is 24.3 Å². The van der Waals surface area contributed by atoms with Crippen molar-refractivity contribution in [3.63, 3.8) is 0 Å². The number of nitrogens with zero attached hydrogens (tertiary/aromatic N) is 1. The standard InChI is InChI=1S/C21H27N3O5S2/c1-2-19(25)23-20-11-15-12-24(13-18(15)30-20)31(27,28)17-5-3-16(4-6-17)22-21(26)14-7-9-29-10-8-14/h2-6,14-15,18,20H,1,7-13H2,(H,22,26)(H,23,25). The Hall–Kier alpha value is -1.88. The molecule has 3 fully saturated rings. The number of sulfonamides is 1. The van der Waals surface area contributed by atoms with Gasteiger partial charge in [0.1, 0.15) is 0 Å². The maximum absolute atomic E-state index is 13.1. The number of thioether (sulfide) groups is 1. The molecule has 3 aliphatic heterocycles. The number of hydrogen-bond donors (Lipinski definition) is 2. The summed E-state index contributed by atoms with van der Waals surface area (Å²) in [6.07, 6.45) is 3.40. The van der Waals surface area contributed by atoms with Crippen molar-refractivity contribution in [3.05, 3.63) is 36.9 Å². The topological polar surface area (TPSA) is 105 Å². The van der Waals surface area contributed by atoms with Gasteiger partial charge in [-0.3, -0.25) is 9.59 Å². The summed E-state index contributed by atoms with van der Waals surface area (Å²) in [6, 6.07) is 6.36. The van der Waals surface area contributed by atoms with Crippen molar-refractivity contribution in [3.8, 4) is 0 Å². The number of fused-ring (bicyclic) bond motifs is 1. The highest BCUT2D eigenvalue weighted by Gasteiger charge is 2.45. The van der Waals surface area contributed by atoms with Gasteiger partial charge in [-0.1, -0.05) is 6.58 Å². The average molecular weight is 466 g/mol. The van der Waals surface area contributed by atoms with Crippen LogP contribution in [0, 0.1) is 11.8 Å². The number of nitrogens with one attached hydrogen (secondary N) is 2. The van der Waals surface area contributed by atoms with E-state index < -0.39 is 10.0 Å². The molecule has 2 N–H and O–H groups in total. The van der Waals surface area contributed by atoms with Crippen LogP contribution >= 0.6 is 11.8 Å². The highest BCUT2D eigenvalue weighted by atomic mass is 32.2. The van der Waals surface area contributed by atoms with Gasteiger partial charge in [-0.05, 0) is 55.5 Å². The monoisotopic (exact) mass is 465 g/mol. The van der Waals surface area contributed by atoms with Gasteiger partial charge in [-0.15, -0.1) is 11.8 Å². The van der Waals surface area contributed by atoms with Crippen LogP contribution in [0.5, 0.6) is 0 Å². The Morgan fingerprint density at radius 2 is 1.87 bits per heavy atom. The summed E-state index contributed by atoms with van der Waals surface area (Å²) in [7, 11) is -3.60. The van der Waals surface area contributed by atoms with Gasteiger partial charge in [0.25, 0.3) is 0 Å². The molecular weight excluding hydrogens is 438 g/mol. The molecule has 0 spiro atoms. The summed E-state index contributed by atoms with van der Waals surface area (Å²) in [6.45, 7) is 5.52. The van der Waals surface area contributed by atoms with Crippen molar-refractivity contribution in [2.24, 2.45) is 11.8 Å². The van der Waals surface area contributed by atoms with Crippen LogP contribution in [0.3, 0.4) is 0 Å². The average Bonchev–Trinajstić information content (AvgIpc) is 3.34. The molecule has 0 aromatic heterocycles. The predicted octanol–water partition coefficient (Wildman–Crippen LogP) is 1.81. The molecule has 0 aliphatic carbocycles. The van der Waals surface area contributed by atoms with Crippen molar-refractivity contribution in [1.29, 1.82) is 0 Å².